The number of halogens is 2. The van der Waals surface area contributed by atoms with Crippen LogP contribution in [-0.4, -0.2) is 24.0 Å². The Kier molecular flexibility index (Phi) is 4.23. The first-order valence-corrected chi connectivity index (χ1v) is 7.53. The number of anilines is 2. The summed E-state index contributed by atoms with van der Waals surface area (Å²) in [6, 6.07) is 6.71. The van der Waals surface area contributed by atoms with Gasteiger partial charge in [0.1, 0.15) is 5.82 Å². The first-order valence-electron chi connectivity index (χ1n) is 7.53. The third kappa shape index (κ3) is 3.31. The highest BCUT2D eigenvalue weighted by Gasteiger charge is 2.16. The Labute approximate surface area is 133 Å². The molecule has 3 rings (SSSR count). The Morgan fingerprint density at radius 3 is 2.52 bits per heavy atom. The number of pyridine rings is 1. The molecule has 1 saturated heterocycles. The first-order chi connectivity index (χ1) is 11.0. The molecule has 23 heavy (non-hydrogen) atoms. The van der Waals surface area contributed by atoms with E-state index in [0.29, 0.717) is 11.4 Å². The third-order valence-corrected chi connectivity index (χ3v) is 3.93. The van der Waals surface area contributed by atoms with Crippen LogP contribution in [0.2, 0.25) is 0 Å². The quantitative estimate of drug-likeness (QED) is 0.942. The molecular formula is C17H17F2N3O. The van der Waals surface area contributed by atoms with Gasteiger partial charge in [0.05, 0.1) is 11.4 Å². The standard InChI is InChI=1S/C17H17F2N3O/c1-11-15(6-7-16(20-11)22-8-2-3-9-22)21-17(23)12-4-5-13(18)14(19)10-12/h4-7,10H,2-3,8-9H2,1H3,(H,21,23). The van der Waals surface area contributed by atoms with Crippen molar-refractivity contribution >= 4 is 17.4 Å². The van der Waals surface area contributed by atoms with Crippen molar-refractivity contribution in [3.8, 4) is 0 Å². The number of nitrogens with zero attached hydrogens (tertiary/aromatic N) is 2. The molecular weight excluding hydrogens is 300 g/mol. The smallest absolute Gasteiger partial charge is 0.255 e. The Morgan fingerprint density at radius 1 is 1.13 bits per heavy atom. The van der Waals surface area contributed by atoms with E-state index in [9.17, 15) is 13.6 Å². The maximum absolute atomic E-state index is 13.2. The SMILES string of the molecule is Cc1nc(N2CCCC2)ccc1NC(=O)c1ccc(F)c(F)c1. The monoisotopic (exact) mass is 317 g/mol. The summed E-state index contributed by atoms with van der Waals surface area (Å²) < 4.78 is 26.1. The van der Waals surface area contributed by atoms with Crippen molar-refractivity contribution in [1.82, 2.24) is 4.98 Å². The predicted octanol–water partition coefficient (Wildman–Crippen LogP) is 3.52. The minimum atomic E-state index is -1.04. The van der Waals surface area contributed by atoms with Gasteiger partial charge in [0.2, 0.25) is 0 Å². The lowest BCUT2D eigenvalue weighted by Gasteiger charge is -2.18. The predicted molar refractivity (Wildman–Crippen MR) is 84.7 cm³/mol. The van der Waals surface area contributed by atoms with Crippen LogP contribution < -0.4 is 10.2 Å². The molecule has 1 aliphatic heterocycles. The van der Waals surface area contributed by atoms with E-state index in [0.717, 1.165) is 43.9 Å². The molecule has 0 radical (unpaired) electrons. The molecule has 0 saturated carbocycles. The topological polar surface area (TPSA) is 45.2 Å². The van der Waals surface area contributed by atoms with E-state index >= 15 is 0 Å². The summed E-state index contributed by atoms with van der Waals surface area (Å²) in [5, 5.41) is 2.68. The maximum atomic E-state index is 13.2. The van der Waals surface area contributed by atoms with Gasteiger partial charge in [-0.2, -0.15) is 0 Å². The number of benzene rings is 1. The molecule has 1 amide bonds. The number of hydrogen-bond donors (Lipinski definition) is 1. The highest BCUT2D eigenvalue weighted by atomic mass is 19.2. The second-order valence-corrected chi connectivity index (χ2v) is 5.58. The zero-order valence-corrected chi connectivity index (χ0v) is 12.8. The van der Waals surface area contributed by atoms with E-state index in [1.165, 1.54) is 6.07 Å². The summed E-state index contributed by atoms with van der Waals surface area (Å²) in [5.74, 6) is -1.63. The molecule has 120 valence electrons. The molecule has 6 heteroatoms. The maximum Gasteiger partial charge on any atom is 0.255 e. The van der Waals surface area contributed by atoms with Crippen LogP contribution in [0.15, 0.2) is 30.3 Å². The Balaban J connectivity index is 1.76. The average molecular weight is 317 g/mol. The van der Waals surface area contributed by atoms with Crippen molar-refractivity contribution in [1.29, 1.82) is 0 Å². The van der Waals surface area contributed by atoms with E-state index in [1.807, 2.05) is 6.07 Å². The summed E-state index contributed by atoms with van der Waals surface area (Å²) in [7, 11) is 0. The van der Waals surface area contributed by atoms with E-state index in [1.54, 1.807) is 13.0 Å². The fraction of sp³-hybridized carbons (Fsp3) is 0.294. The van der Waals surface area contributed by atoms with Gasteiger partial charge < -0.3 is 10.2 Å². The Hall–Kier alpha value is -2.50. The zero-order chi connectivity index (χ0) is 16.4. The number of hydrogen-bond acceptors (Lipinski definition) is 3. The number of amides is 1. The van der Waals surface area contributed by atoms with Gasteiger partial charge >= 0.3 is 0 Å². The van der Waals surface area contributed by atoms with Crippen LogP contribution in [0.5, 0.6) is 0 Å². The van der Waals surface area contributed by atoms with Gasteiger partial charge in [0.25, 0.3) is 5.91 Å². The fourth-order valence-electron chi connectivity index (χ4n) is 2.63. The number of aromatic nitrogens is 1. The molecule has 0 aliphatic carbocycles. The summed E-state index contributed by atoms with van der Waals surface area (Å²) in [4.78, 5) is 18.8. The number of carbonyl (C=O) groups is 1. The second-order valence-electron chi connectivity index (χ2n) is 5.58. The Morgan fingerprint density at radius 2 is 1.87 bits per heavy atom. The van der Waals surface area contributed by atoms with Gasteiger partial charge in [-0.1, -0.05) is 0 Å². The molecule has 0 bridgehead atoms. The minimum absolute atomic E-state index is 0.0620. The van der Waals surface area contributed by atoms with Gasteiger partial charge in [-0.15, -0.1) is 0 Å². The van der Waals surface area contributed by atoms with Crippen molar-refractivity contribution in [2.75, 3.05) is 23.3 Å². The van der Waals surface area contributed by atoms with Crippen LogP contribution in [0.4, 0.5) is 20.3 Å². The summed E-state index contributed by atoms with van der Waals surface area (Å²) in [6.45, 7) is 3.79. The van der Waals surface area contributed by atoms with Crippen LogP contribution >= 0.6 is 0 Å². The van der Waals surface area contributed by atoms with E-state index < -0.39 is 17.5 Å². The summed E-state index contributed by atoms with van der Waals surface area (Å²) in [5.41, 5.74) is 1.31. The number of aryl methyl sites for hydroxylation is 1. The third-order valence-electron chi connectivity index (χ3n) is 3.93. The van der Waals surface area contributed by atoms with Crippen LogP contribution in [0.1, 0.15) is 28.9 Å². The largest absolute Gasteiger partial charge is 0.357 e. The molecule has 1 aromatic carbocycles. The lowest BCUT2D eigenvalue weighted by Crippen LogP contribution is -2.20. The first kappa shape index (κ1) is 15.4. The van der Waals surface area contributed by atoms with Gasteiger partial charge in [-0.05, 0) is 50.1 Å². The summed E-state index contributed by atoms with van der Waals surface area (Å²) in [6.07, 6.45) is 2.32. The van der Waals surface area contributed by atoms with Crippen LogP contribution in [0.25, 0.3) is 0 Å². The van der Waals surface area contributed by atoms with Gasteiger partial charge in [-0.25, -0.2) is 13.8 Å². The van der Waals surface area contributed by atoms with E-state index in [-0.39, 0.29) is 5.56 Å². The minimum Gasteiger partial charge on any atom is -0.357 e. The van der Waals surface area contributed by atoms with Gasteiger partial charge in [-0.3, -0.25) is 4.79 Å². The fourth-order valence-corrected chi connectivity index (χ4v) is 2.63. The normalized spacial score (nSPS) is 14.1. The number of carbonyl (C=O) groups excluding carboxylic acids is 1. The molecule has 1 fully saturated rings. The van der Waals surface area contributed by atoms with E-state index in [2.05, 4.69) is 15.2 Å². The second kappa shape index (κ2) is 6.32. The highest BCUT2D eigenvalue weighted by molar-refractivity contribution is 6.04. The van der Waals surface area contributed by atoms with Crippen LogP contribution in [-0.2, 0) is 0 Å². The molecule has 1 aliphatic rings. The molecule has 1 aromatic heterocycles. The van der Waals surface area contributed by atoms with Crippen molar-refractivity contribution in [3.05, 3.63) is 53.2 Å². The lowest BCUT2D eigenvalue weighted by atomic mass is 10.2. The van der Waals surface area contributed by atoms with Crippen molar-refractivity contribution in [2.45, 2.75) is 19.8 Å². The molecule has 1 N–H and O–H groups in total. The molecule has 4 nitrogen and oxygen atoms in total. The number of nitrogens with one attached hydrogen (secondary N) is 1. The molecule has 0 spiro atoms. The molecule has 0 atom stereocenters. The van der Waals surface area contributed by atoms with E-state index in [4.69, 9.17) is 0 Å². The summed E-state index contributed by atoms with van der Waals surface area (Å²) >= 11 is 0. The lowest BCUT2D eigenvalue weighted by molar-refractivity contribution is 0.102. The molecule has 2 aromatic rings. The van der Waals surface area contributed by atoms with Gasteiger partial charge in [0, 0.05) is 18.7 Å². The van der Waals surface area contributed by atoms with Crippen LogP contribution in [0.3, 0.4) is 0 Å². The van der Waals surface area contributed by atoms with Crippen molar-refractivity contribution < 1.29 is 13.6 Å². The highest BCUT2D eigenvalue weighted by Crippen LogP contribution is 2.22. The number of rotatable bonds is 3. The van der Waals surface area contributed by atoms with Crippen molar-refractivity contribution in [3.63, 3.8) is 0 Å². The van der Waals surface area contributed by atoms with Gasteiger partial charge in [0.15, 0.2) is 11.6 Å². The molecule has 2 heterocycles. The average Bonchev–Trinajstić information content (AvgIpc) is 3.06. The Bertz CT molecular complexity index is 743. The zero-order valence-electron chi connectivity index (χ0n) is 12.8. The molecule has 0 unspecified atom stereocenters. The van der Waals surface area contributed by atoms with Crippen LogP contribution in [0, 0.1) is 18.6 Å². The van der Waals surface area contributed by atoms with Crippen molar-refractivity contribution in [2.24, 2.45) is 0 Å².